The molecule has 0 aromatic carbocycles. The molecule has 1 N–H and O–H groups in total. The van der Waals surface area contributed by atoms with Crippen LogP contribution in [0.15, 0.2) is 0 Å². The zero-order valence-corrected chi connectivity index (χ0v) is 10.8. The highest BCUT2D eigenvalue weighted by Crippen LogP contribution is 2.33. The van der Waals surface area contributed by atoms with Crippen LogP contribution in [0.1, 0.15) is 46.5 Å². The van der Waals surface area contributed by atoms with E-state index < -0.39 is 11.4 Å². The van der Waals surface area contributed by atoms with Gasteiger partial charge in [-0.05, 0) is 38.1 Å². The van der Waals surface area contributed by atoms with Crippen molar-refractivity contribution in [3.63, 3.8) is 0 Å². The lowest BCUT2D eigenvalue weighted by atomic mass is 9.82. The van der Waals surface area contributed by atoms with Crippen LogP contribution < -0.4 is 0 Å². The van der Waals surface area contributed by atoms with Gasteiger partial charge < -0.3 is 10.0 Å². The number of hydrogen-bond donors (Lipinski definition) is 1. The topological polar surface area (TPSA) is 40.5 Å². The van der Waals surface area contributed by atoms with Gasteiger partial charge in [-0.15, -0.1) is 0 Å². The summed E-state index contributed by atoms with van der Waals surface area (Å²) in [5, 5.41) is 9.39. The number of carboxylic acid groups (broad SMARTS) is 1. The Morgan fingerprint density at radius 3 is 2.19 bits per heavy atom. The van der Waals surface area contributed by atoms with Crippen molar-refractivity contribution < 1.29 is 9.90 Å². The lowest BCUT2D eigenvalue weighted by molar-refractivity contribution is -0.150. The molecular weight excluding hydrogens is 202 g/mol. The average Bonchev–Trinajstić information content (AvgIpc) is 3.07. The van der Waals surface area contributed by atoms with Crippen LogP contribution in [0.25, 0.3) is 0 Å². The molecule has 3 nitrogen and oxygen atoms in total. The van der Waals surface area contributed by atoms with E-state index in [1.807, 2.05) is 13.8 Å². The standard InChI is InChI=1S/C13H25NO2/c1-4-13(5-2,12(15)16)10-14(6-3)9-11-7-8-11/h11H,4-10H2,1-3H3,(H,15,16). The predicted octanol–water partition coefficient (Wildman–Crippen LogP) is 2.61. The van der Waals surface area contributed by atoms with Crippen LogP contribution >= 0.6 is 0 Å². The third-order valence-electron chi connectivity index (χ3n) is 3.99. The molecule has 0 bridgehead atoms. The molecule has 94 valence electrons. The molecule has 1 aliphatic rings. The van der Waals surface area contributed by atoms with Gasteiger partial charge in [0.05, 0.1) is 5.41 Å². The molecule has 0 heterocycles. The van der Waals surface area contributed by atoms with Crippen molar-refractivity contribution in [2.75, 3.05) is 19.6 Å². The summed E-state index contributed by atoms with van der Waals surface area (Å²) in [6.45, 7) is 8.87. The zero-order chi connectivity index (χ0) is 12.2. The second-order valence-corrected chi connectivity index (χ2v) is 5.06. The molecule has 0 atom stereocenters. The van der Waals surface area contributed by atoms with Crippen molar-refractivity contribution in [3.05, 3.63) is 0 Å². The van der Waals surface area contributed by atoms with E-state index in [1.54, 1.807) is 0 Å². The SMILES string of the molecule is CCN(CC1CC1)CC(CC)(CC)C(=O)O. The summed E-state index contributed by atoms with van der Waals surface area (Å²) in [6.07, 6.45) is 4.10. The molecule has 3 heteroatoms. The number of carboxylic acids is 1. The molecule has 0 amide bonds. The fraction of sp³-hybridized carbons (Fsp3) is 0.923. The summed E-state index contributed by atoms with van der Waals surface area (Å²) in [5.74, 6) is 0.201. The van der Waals surface area contributed by atoms with Crippen LogP contribution in [0.5, 0.6) is 0 Å². The molecule has 1 saturated carbocycles. The van der Waals surface area contributed by atoms with Crippen LogP contribution in [0.2, 0.25) is 0 Å². The summed E-state index contributed by atoms with van der Waals surface area (Å²) >= 11 is 0. The van der Waals surface area contributed by atoms with Crippen LogP contribution in [0.3, 0.4) is 0 Å². The highest BCUT2D eigenvalue weighted by molar-refractivity contribution is 5.74. The van der Waals surface area contributed by atoms with Gasteiger partial charge in [0.2, 0.25) is 0 Å². The minimum absolute atomic E-state index is 0.537. The molecule has 1 fully saturated rings. The molecule has 0 spiro atoms. The zero-order valence-electron chi connectivity index (χ0n) is 10.8. The fourth-order valence-electron chi connectivity index (χ4n) is 2.24. The largest absolute Gasteiger partial charge is 0.481 e. The van der Waals surface area contributed by atoms with E-state index in [9.17, 15) is 9.90 Å². The van der Waals surface area contributed by atoms with Crippen molar-refractivity contribution >= 4 is 5.97 Å². The molecule has 0 unspecified atom stereocenters. The Kier molecular flexibility index (Phi) is 4.78. The van der Waals surface area contributed by atoms with Crippen LogP contribution in [0.4, 0.5) is 0 Å². The van der Waals surface area contributed by atoms with Gasteiger partial charge in [-0.3, -0.25) is 4.79 Å². The Hall–Kier alpha value is -0.570. The Morgan fingerprint density at radius 2 is 1.88 bits per heavy atom. The third kappa shape index (κ3) is 3.21. The Bertz CT molecular complexity index is 232. The maximum absolute atomic E-state index is 11.4. The number of rotatable bonds is 8. The minimum atomic E-state index is -0.633. The van der Waals surface area contributed by atoms with Gasteiger partial charge in [0.1, 0.15) is 0 Å². The van der Waals surface area contributed by atoms with Crippen LogP contribution in [0, 0.1) is 11.3 Å². The first kappa shape index (κ1) is 13.5. The maximum atomic E-state index is 11.4. The molecule has 0 aromatic rings. The summed E-state index contributed by atoms with van der Waals surface area (Å²) in [7, 11) is 0. The lowest BCUT2D eigenvalue weighted by Crippen LogP contribution is -2.43. The van der Waals surface area contributed by atoms with Gasteiger partial charge in [-0.2, -0.15) is 0 Å². The van der Waals surface area contributed by atoms with Crippen molar-refractivity contribution in [1.82, 2.24) is 4.90 Å². The number of carbonyl (C=O) groups is 1. The van der Waals surface area contributed by atoms with Gasteiger partial charge in [0, 0.05) is 13.1 Å². The first-order chi connectivity index (χ1) is 7.57. The predicted molar refractivity (Wildman–Crippen MR) is 65.5 cm³/mol. The quantitative estimate of drug-likeness (QED) is 0.693. The van der Waals surface area contributed by atoms with E-state index in [-0.39, 0.29) is 0 Å². The van der Waals surface area contributed by atoms with Crippen LogP contribution in [-0.4, -0.2) is 35.6 Å². The summed E-state index contributed by atoms with van der Waals surface area (Å²) in [6, 6.07) is 0. The second-order valence-electron chi connectivity index (χ2n) is 5.06. The molecule has 0 aliphatic heterocycles. The van der Waals surface area contributed by atoms with E-state index >= 15 is 0 Å². The number of hydrogen-bond acceptors (Lipinski definition) is 2. The van der Waals surface area contributed by atoms with Gasteiger partial charge >= 0.3 is 5.97 Å². The van der Waals surface area contributed by atoms with E-state index in [0.717, 1.165) is 31.8 Å². The fourth-order valence-corrected chi connectivity index (χ4v) is 2.24. The second kappa shape index (κ2) is 5.67. The van der Waals surface area contributed by atoms with E-state index in [4.69, 9.17) is 0 Å². The van der Waals surface area contributed by atoms with Crippen molar-refractivity contribution in [2.45, 2.75) is 46.5 Å². The van der Waals surface area contributed by atoms with E-state index in [0.29, 0.717) is 6.54 Å². The lowest BCUT2D eigenvalue weighted by Gasteiger charge is -2.33. The monoisotopic (exact) mass is 227 g/mol. The van der Waals surface area contributed by atoms with E-state index in [2.05, 4.69) is 11.8 Å². The smallest absolute Gasteiger partial charge is 0.310 e. The normalized spacial score (nSPS) is 16.8. The number of nitrogens with zero attached hydrogens (tertiary/aromatic N) is 1. The summed E-state index contributed by atoms with van der Waals surface area (Å²) in [4.78, 5) is 13.7. The highest BCUT2D eigenvalue weighted by atomic mass is 16.4. The molecule has 0 saturated heterocycles. The summed E-state index contributed by atoms with van der Waals surface area (Å²) in [5.41, 5.74) is -0.537. The Balaban J connectivity index is 2.59. The third-order valence-corrected chi connectivity index (χ3v) is 3.99. The molecule has 1 rings (SSSR count). The highest BCUT2D eigenvalue weighted by Gasteiger charge is 2.37. The molecule has 1 aliphatic carbocycles. The Labute approximate surface area is 98.8 Å². The minimum Gasteiger partial charge on any atom is -0.481 e. The number of aliphatic carboxylic acids is 1. The maximum Gasteiger partial charge on any atom is 0.310 e. The average molecular weight is 227 g/mol. The van der Waals surface area contributed by atoms with Gasteiger partial charge in [-0.1, -0.05) is 20.8 Å². The van der Waals surface area contributed by atoms with Gasteiger partial charge in [0.25, 0.3) is 0 Å². The first-order valence-electron chi connectivity index (χ1n) is 6.53. The molecule has 0 radical (unpaired) electrons. The Morgan fingerprint density at radius 1 is 1.31 bits per heavy atom. The van der Waals surface area contributed by atoms with Crippen LogP contribution in [-0.2, 0) is 4.79 Å². The first-order valence-corrected chi connectivity index (χ1v) is 6.53. The molecule has 16 heavy (non-hydrogen) atoms. The van der Waals surface area contributed by atoms with Gasteiger partial charge in [0.15, 0.2) is 0 Å². The van der Waals surface area contributed by atoms with Crippen molar-refractivity contribution in [2.24, 2.45) is 11.3 Å². The molecule has 0 aromatic heterocycles. The van der Waals surface area contributed by atoms with Gasteiger partial charge in [-0.25, -0.2) is 0 Å². The molecular formula is C13H25NO2. The van der Waals surface area contributed by atoms with Crippen molar-refractivity contribution in [3.8, 4) is 0 Å². The van der Waals surface area contributed by atoms with E-state index in [1.165, 1.54) is 12.8 Å². The summed E-state index contributed by atoms with van der Waals surface area (Å²) < 4.78 is 0. The van der Waals surface area contributed by atoms with Crippen molar-refractivity contribution in [1.29, 1.82) is 0 Å².